The Bertz CT molecular complexity index is 962. The number of hydrogen-bond acceptors (Lipinski definition) is 5. The molecule has 1 fully saturated rings. The van der Waals surface area contributed by atoms with E-state index >= 15 is 0 Å². The van der Waals surface area contributed by atoms with Gasteiger partial charge in [-0.25, -0.2) is 9.97 Å². The highest BCUT2D eigenvalue weighted by Gasteiger charge is 2.36. The Morgan fingerprint density at radius 1 is 1.19 bits per heavy atom. The summed E-state index contributed by atoms with van der Waals surface area (Å²) in [5.41, 5.74) is 4.38. The molecule has 0 saturated carbocycles. The number of aryl methyl sites for hydroxylation is 1. The van der Waals surface area contributed by atoms with Gasteiger partial charge in [0.05, 0.1) is 29.9 Å². The third kappa shape index (κ3) is 4.96. The summed E-state index contributed by atoms with van der Waals surface area (Å²) in [6.45, 7) is 14.3. The van der Waals surface area contributed by atoms with Crippen molar-refractivity contribution in [1.29, 1.82) is 0 Å². The zero-order valence-electron chi connectivity index (χ0n) is 20.2. The van der Waals surface area contributed by atoms with Gasteiger partial charge < -0.3 is 15.0 Å². The number of carbonyl (C=O) groups is 1. The van der Waals surface area contributed by atoms with E-state index in [0.29, 0.717) is 0 Å². The fourth-order valence-corrected chi connectivity index (χ4v) is 4.96. The third-order valence-corrected chi connectivity index (χ3v) is 6.65. The van der Waals surface area contributed by atoms with E-state index in [1.807, 2.05) is 25.3 Å². The summed E-state index contributed by atoms with van der Waals surface area (Å²) in [6, 6.07) is 8.11. The third-order valence-electron chi connectivity index (χ3n) is 6.65. The van der Waals surface area contributed by atoms with Crippen molar-refractivity contribution in [3.63, 3.8) is 0 Å². The number of hydrogen-bond donors (Lipinski definition) is 1. The minimum atomic E-state index is -0.208. The van der Waals surface area contributed by atoms with Gasteiger partial charge in [0, 0.05) is 24.8 Å². The van der Waals surface area contributed by atoms with Crippen molar-refractivity contribution < 1.29 is 9.53 Å². The second kappa shape index (κ2) is 8.81. The zero-order valence-corrected chi connectivity index (χ0v) is 20.2. The second-order valence-electron chi connectivity index (χ2n) is 10.5. The first-order valence-corrected chi connectivity index (χ1v) is 11.7. The van der Waals surface area contributed by atoms with E-state index < -0.39 is 0 Å². The quantitative estimate of drug-likeness (QED) is 0.773. The van der Waals surface area contributed by atoms with Crippen LogP contribution in [0.4, 0.5) is 5.95 Å². The minimum absolute atomic E-state index is 0.0439. The molecule has 1 aliphatic heterocycles. The van der Waals surface area contributed by atoms with Crippen LogP contribution in [0.15, 0.2) is 30.5 Å². The maximum absolute atomic E-state index is 13.1. The van der Waals surface area contributed by atoms with Crippen molar-refractivity contribution in [1.82, 2.24) is 15.3 Å². The largest absolute Gasteiger partial charge is 0.372 e. The summed E-state index contributed by atoms with van der Waals surface area (Å²) in [7, 11) is 0. The highest BCUT2D eigenvalue weighted by Crippen LogP contribution is 2.40. The van der Waals surface area contributed by atoms with Crippen LogP contribution in [-0.2, 0) is 16.0 Å². The van der Waals surface area contributed by atoms with Crippen molar-refractivity contribution in [2.24, 2.45) is 5.41 Å². The van der Waals surface area contributed by atoms with E-state index in [4.69, 9.17) is 14.7 Å². The molecule has 4 atom stereocenters. The molecule has 6 nitrogen and oxygen atoms in total. The first kappa shape index (κ1) is 22.7. The molecule has 4 rings (SSSR count). The van der Waals surface area contributed by atoms with Crippen molar-refractivity contribution >= 4 is 11.9 Å². The van der Waals surface area contributed by atoms with Crippen molar-refractivity contribution in [2.75, 3.05) is 18.0 Å². The van der Waals surface area contributed by atoms with Crippen LogP contribution >= 0.6 is 0 Å². The minimum Gasteiger partial charge on any atom is -0.372 e. The van der Waals surface area contributed by atoms with Gasteiger partial charge in [-0.05, 0) is 51.5 Å². The molecular weight excluding hydrogens is 400 g/mol. The smallest absolute Gasteiger partial charge is 0.227 e. The summed E-state index contributed by atoms with van der Waals surface area (Å²) in [4.78, 5) is 25.0. The van der Waals surface area contributed by atoms with Crippen molar-refractivity contribution in [2.45, 2.75) is 78.6 Å². The van der Waals surface area contributed by atoms with Crippen LogP contribution < -0.4 is 10.2 Å². The van der Waals surface area contributed by atoms with E-state index in [9.17, 15) is 4.79 Å². The number of carbonyl (C=O) groups excluding carboxylic acids is 1. The van der Waals surface area contributed by atoms with E-state index in [2.05, 4.69) is 57.0 Å². The number of morpholine rings is 1. The molecular formula is C26H36N4O2. The van der Waals surface area contributed by atoms with Crippen LogP contribution in [0, 0.1) is 12.3 Å². The fraction of sp³-hybridized carbons (Fsp3) is 0.577. The van der Waals surface area contributed by atoms with Gasteiger partial charge in [0.25, 0.3) is 0 Å². The number of anilines is 1. The van der Waals surface area contributed by atoms with Crippen LogP contribution in [-0.4, -0.2) is 41.2 Å². The van der Waals surface area contributed by atoms with Crippen molar-refractivity contribution in [3.8, 4) is 0 Å². The van der Waals surface area contributed by atoms with Crippen LogP contribution in [0.2, 0.25) is 0 Å². The number of aromatic nitrogens is 2. The molecule has 0 unspecified atom stereocenters. The lowest BCUT2D eigenvalue weighted by Gasteiger charge is -2.38. The van der Waals surface area contributed by atoms with Crippen LogP contribution in [0.5, 0.6) is 0 Å². The molecule has 1 amide bonds. The highest BCUT2D eigenvalue weighted by molar-refractivity contribution is 5.83. The molecule has 32 heavy (non-hydrogen) atoms. The molecule has 6 heteroatoms. The Hall–Kier alpha value is -2.47. The zero-order chi connectivity index (χ0) is 23.0. The molecule has 2 aromatic rings. The number of rotatable bonds is 4. The molecule has 172 valence electrons. The lowest BCUT2D eigenvalue weighted by molar-refractivity contribution is -0.123. The summed E-state index contributed by atoms with van der Waals surface area (Å²) in [6.07, 6.45) is 4.00. The Morgan fingerprint density at radius 3 is 2.50 bits per heavy atom. The maximum Gasteiger partial charge on any atom is 0.227 e. The van der Waals surface area contributed by atoms with E-state index in [1.54, 1.807) is 0 Å². The van der Waals surface area contributed by atoms with Crippen LogP contribution in [0.3, 0.4) is 0 Å². The lowest BCUT2D eigenvalue weighted by atomic mass is 9.74. The van der Waals surface area contributed by atoms with Gasteiger partial charge in [0.15, 0.2) is 0 Å². The normalized spacial score (nSPS) is 25.7. The predicted molar refractivity (Wildman–Crippen MR) is 127 cm³/mol. The van der Waals surface area contributed by atoms with Gasteiger partial charge in [-0.15, -0.1) is 0 Å². The first-order chi connectivity index (χ1) is 15.1. The van der Waals surface area contributed by atoms with Gasteiger partial charge >= 0.3 is 0 Å². The molecule has 0 spiro atoms. The van der Waals surface area contributed by atoms with Crippen LogP contribution in [0.25, 0.3) is 0 Å². The standard InChI is InChI=1S/C26H36N4O2/c1-16-7-9-20(10-8-16)19(4)24(31)28-22-11-26(5,6)12-23-21(22)13-27-25(29-23)30-14-17(2)32-18(3)15-30/h7-10,13,17-19,22H,11-12,14-15H2,1-6H3,(H,28,31)/t17-,18-,19-,22+/m0/s1. The Kier molecular flexibility index (Phi) is 6.26. The summed E-state index contributed by atoms with van der Waals surface area (Å²) in [5, 5.41) is 3.30. The van der Waals surface area contributed by atoms with Gasteiger partial charge in [-0.3, -0.25) is 4.79 Å². The molecule has 0 radical (unpaired) electrons. The van der Waals surface area contributed by atoms with Gasteiger partial charge in [0.2, 0.25) is 11.9 Å². The molecule has 2 heterocycles. The average molecular weight is 437 g/mol. The number of nitrogens with zero attached hydrogens (tertiary/aromatic N) is 3. The fourth-order valence-electron chi connectivity index (χ4n) is 4.96. The molecule has 1 aromatic heterocycles. The first-order valence-electron chi connectivity index (χ1n) is 11.7. The molecule has 2 aliphatic rings. The van der Waals surface area contributed by atoms with Crippen LogP contribution in [0.1, 0.15) is 75.4 Å². The maximum atomic E-state index is 13.1. The summed E-state index contributed by atoms with van der Waals surface area (Å²) in [5.74, 6) is 0.601. The Balaban J connectivity index is 1.56. The molecule has 1 saturated heterocycles. The Labute approximate surface area is 191 Å². The van der Waals surface area contributed by atoms with Gasteiger partial charge in [-0.2, -0.15) is 0 Å². The Morgan fingerprint density at radius 2 is 1.84 bits per heavy atom. The molecule has 0 bridgehead atoms. The van der Waals surface area contributed by atoms with E-state index in [1.165, 1.54) is 5.56 Å². The number of fused-ring (bicyclic) bond motifs is 1. The number of nitrogens with one attached hydrogen (secondary N) is 1. The molecule has 1 aliphatic carbocycles. The lowest BCUT2D eigenvalue weighted by Crippen LogP contribution is -2.46. The molecule has 1 aromatic carbocycles. The molecule has 1 N–H and O–H groups in total. The topological polar surface area (TPSA) is 67.4 Å². The van der Waals surface area contributed by atoms with E-state index in [-0.39, 0.29) is 35.5 Å². The average Bonchev–Trinajstić information content (AvgIpc) is 2.71. The monoisotopic (exact) mass is 436 g/mol. The second-order valence-corrected chi connectivity index (χ2v) is 10.5. The van der Waals surface area contributed by atoms with Crippen molar-refractivity contribution in [3.05, 3.63) is 52.8 Å². The SMILES string of the molecule is Cc1ccc([C@H](C)C(=O)N[C@@H]2CC(C)(C)Cc3nc(N4C[C@H](C)O[C@@H](C)C4)ncc32)cc1. The predicted octanol–water partition coefficient (Wildman–Crippen LogP) is 4.33. The number of benzene rings is 1. The van der Waals surface area contributed by atoms with Gasteiger partial charge in [0.1, 0.15) is 0 Å². The number of ether oxygens (including phenoxy) is 1. The highest BCUT2D eigenvalue weighted by atomic mass is 16.5. The van der Waals surface area contributed by atoms with Gasteiger partial charge in [-0.1, -0.05) is 43.7 Å². The summed E-state index contributed by atoms with van der Waals surface area (Å²) < 4.78 is 5.87. The number of amides is 1. The van der Waals surface area contributed by atoms with E-state index in [0.717, 1.165) is 48.7 Å². The summed E-state index contributed by atoms with van der Waals surface area (Å²) >= 11 is 0.